The largest absolute Gasteiger partial charge is 0.421 e. The van der Waals surface area contributed by atoms with E-state index in [1.807, 2.05) is 18.2 Å². The van der Waals surface area contributed by atoms with Crippen molar-refractivity contribution < 1.29 is 14.0 Å². The quantitative estimate of drug-likeness (QED) is 0.847. The fraction of sp³-hybridized carbons (Fsp3) is 0.250. The van der Waals surface area contributed by atoms with Crippen LogP contribution in [0.15, 0.2) is 42.5 Å². The van der Waals surface area contributed by atoms with Crippen LogP contribution in [-0.4, -0.2) is 4.89 Å². The van der Waals surface area contributed by atoms with Gasteiger partial charge < -0.3 is 9.42 Å². The van der Waals surface area contributed by atoms with Crippen LogP contribution in [-0.2, 0) is 4.57 Å². The summed E-state index contributed by atoms with van der Waals surface area (Å²) in [6.45, 7) is 4.32. The highest BCUT2D eigenvalue weighted by molar-refractivity contribution is 7.62. The minimum atomic E-state index is -3.75. The summed E-state index contributed by atoms with van der Waals surface area (Å²) in [6.07, 6.45) is 1.06. The molecule has 0 saturated carbocycles. The summed E-state index contributed by atoms with van der Waals surface area (Å²) in [5, 5.41) is 0.383. The number of benzene rings is 2. The summed E-state index contributed by atoms with van der Waals surface area (Å²) in [5.41, 5.74) is 2.92. The van der Waals surface area contributed by atoms with E-state index in [0.717, 1.165) is 17.5 Å². The van der Waals surface area contributed by atoms with Gasteiger partial charge in [0.15, 0.2) is 0 Å². The van der Waals surface area contributed by atoms with Gasteiger partial charge in [0, 0.05) is 11.1 Å². The lowest BCUT2D eigenvalue weighted by molar-refractivity contribution is 0.392. The van der Waals surface area contributed by atoms with E-state index in [-0.39, 0.29) is 0 Å². The van der Waals surface area contributed by atoms with Crippen molar-refractivity contribution in [3.8, 4) is 16.9 Å². The van der Waals surface area contributed by atoms with Gasteiger partial charge in [0.2, 0.25) is 0 Å². The van der Waals surface area contributed by atoms with E-state index in [1.165, 1.54) is 5.56 Å². The first-order valence-electron chi connectivity index (χ1n) is 6.79. The van der Waals surface area contributed by atoms with Crippen LogP contribution in [0.2, 0.25) is 0 Å². The smallest absolute Gasteiger partial charge is 0.408 e. The van der Waals surface area contributed by atoms with E-state index >= 15 is 0 Å². The van der Waals surface area contributed by atoms with Crippen LogP contribution in [0.5, 0.6) is 5.75 Å². The highest BCUT2D eigenvalue weighted by Crippen LogP contribution is 2.52. The molecule has 104 valence electrons. The lowest BCUT2D eigenvalue weighted by Crippen LogP contribution is -2.17. The molecule has 2 atom stereocenters. The van der Waals surface area contributed by atoms with E-state index in [4.69, 9.17) is 4.52 Å². The number of rotatable bonds is 2. The molecule has 1 aliphatic heterocycles. The van der Waals surface area contributed by atoms with Gasteiger partial charge in [-0.1, -0.05) is 38.1 Å². The average Bonchev–Trinajstić information content (AvgIpc) is 2.46. The maximum Gasteiger partial charge on any atom is 0.408 e. The van der Waals surface area contributed by atoms with Gasteiger partial charge >= 0.3 is 7.60 Å². The third-order valence-electron chi connectivity index (χ3n) is 3.91. The fourth-order valence-corrected chi connectivity index (χ4v) is 3.81. The molecule has 0 saturated heterocycles. The van der Waals surface area contributed by atoms with E-state index in [1.54, 1.807) is 18.2 Å². The van der Waals surface area contributed by atoms with Crippen molar-refractivity contribution in [2.45, 2.75) is 26.2 Å². The third kappa shape index (κ3) is 2.07. The van der Waals surface area contributed by atoms with Crippen molar-refractivity contribution in [3.05, 3.63) is 48.0 Å². The molecule has 2 aromatic carbocycles. The first-order valence-corrected chi connectivity index (χ1v) is 8.37. The molecule has 2 unspecified atom stereocenters. The van der Waals surface area contributed by atoms with Gasteiger partial charge in [0.1, 0.15) is 5.75 Å². The normalized spacial score (nSPS) is 21.6. The van der Waals surface area contributed by atoms with Crippen LogP contribution in [0, 0.1) is 0 Å². The Balaban J connectivity index is 2.22. The fourth-order valence-electron chi connectivity index (χ4n) is 2.51. The third-order valence-corrected chi connectivity index (χ3v) is 5.35. The highest BCUT2D eigenvalue weighted by Gasteiger charge is 2.34. The second-order valence-corrected chi connectivity index (χ2v) is 6.90. The predicted molar refractivity (Wildman–Crippen MR) is 80.7 cm³/mol. The van der Waals surface area contributed by atoms with Gasteiger partial charge in [-0.25, -0.2) is 4.57 Å². The Hall–Kier alpha value is -1.57. The molecule has 0 spiro atoms. The van der Waals surface area contributed by atoms with Gasteiger partial charge in [0.05, 0.1) is 5.30 Å². The van der Waals surface area contributed by atoms with Gasteiger partial charge in [0.25, 0.3) is 0 Å². The minimum Gasteiger partial charge on any atom is -0.421 e. The first kappa shape index (κ1) is 13.4. The summed E-state index contributed by atoms with van der Waals surface area (Å²) in [4.78, 5) is 10.0. The molecule has 2 aromatic rings. The van der Waals surface area contributed by atoms with E-state index in [9.17, 15) is 9.46 Å². The molecule has 1 N–H and O–H groups in total. The molecule has 0 aromatic heterocycles. The van der Waals surface area contributed by atoms with Crippen LogP contribution in [0.3, 0.4) is 0 Å². The van der Waals surface area contributed by atoms with Gasteiger partial charge in [-0.15, -0.1) is 0 Å². The lowest BCUT2D eigenvalue weighted by Gasteiger charge is -2.25. The maximum absolute atomic E-state index is 12.2. The summed E-state index contributed by atoms with van der Waals surface area (Å²) in [5.74, 6) is 0.942. The molecule has 0 amide bonds. The Morgan fingerprint density at radius 2 is 1.95 bits per heavy atom. The molecular weight excluding hydrogens is 271 g/mol. The molecule has 3 rings (SSSR count). The topological polar surface area (TPSA) is 46.5 Å². The molecular formula is C16H17O3P. The molecule has 1 heterocycles. The molecule has 0 bridgehead atoms. The molecule has 4 heteroatoms. The van der Waals surface area contributed by atoms with Crippen LogP contribution in [0.25, 0.3) is 11.1 Å². The Bertz CT molecular complexity index is 709. The van der Waals surface area contributed by atoms with Crippen molar-refractivity contribution in [2.75, 3.05) is 0 Å². The molecule has 0 fully saturated rings. The minimum absolute atomic E-state index is 0.383. The Morgan fingerprint density at radius 3 is 2.70 bits per heavy atom. The highest BCUT2D eigenvalue weighted by atomic mass is 31.2. The lowest BCUT2D eigenvalue weighted by atomic mass is 9.94. The summed E-state index contributed by atoms with van der Waals surface area (Å²) in [6, 6.07) is 13.0. The predicted octanol–water partition coefficient (Wildman–Crippen LogP) is 4.07. The SMILES string of the molecule is CCC(C)c1ccc2c(c1)-c1ccccc1P(=O)(O)O2. The van der Waals surface area contributed by atoms with E-state index in [2.05, 4.69) is 19.9 Å². The summed E-state index contributed by atoms with van der Waals surface area (Å²) in [7, 11) is -3.75. The van der Waals surface area contributed by atoms with E-state index < -0.39 is 7.60 Å². The molecule has 1 aliphatic rings. The standard InChI is InChI=1S/C16H17O3P/c1-3-11(2)12-8-9-15-14(10-12)13-6-4-5-7-16(13)20(17,18)19-15/h4-11H,3H2,1-2H3,(H,17,18). The van der Waals surface area contributed by atoms with Crippen LogP contribution in [0.1, 0.15) is 31.7 Å². The average molecular weight is 288 g/mol. The Morgan fingerprint density at radius 1 is 1.20 bits per heavy atom. The van der Waals surface area contributed by atoms with Crippen LogP contribution >= 0.6 is 7.60 Å². The zero-order chi connectivity index (χ0) is 14.3. The van der Waals surface area contributed by atoms with Crippen molar-refractivity contribution in [1.82, 2.24) is 0 Å². The molecule has 0 aliphatic carbocycles. The van der Waals surface area contributed by atoms with Crippen LogP contribution in [0.4, 0.5) is 0 Å². The first-order chi connectivity index (χ1) is 9.53. The second kappa shape index (κ2) is 4.76. The number of fused-ring (bicyclic) bond motifs is 3. The van der Waals surface area contributed by atoms with Crippen molar-refractivity contribution in [2.24, 2.45) is 0 Å². The Labute approximate surface area is 118 Å². The zero-order valence-electron chi connectivity index (χ0n) is 11.5. The van der Waals surface area contributed by atoms with Crippen molar-refractivity contribution in [1.29, 1.82) is 0 Å². The van der Waals surface area contributed by atoms with Crippen molar-refractivity contribution >= 4 is 12.9 Å². The Kier molecular flexibility index (Phi) is 3.19. The summed E-state index contributed by atoms with van der Waals surface area (Å²) < 4.78 is 17.6. The van der Waals surface area contributed by atoms with Gasteiger partial charge in [-0.05, 0) is 36.1 Å². The second-order valence-electron chi connectivity index (χ2n) is 5.19. The van der Waals surface area contributed by atoms with Gasteiger partial charge in [-0.2, -0.15) is 0 Å². The van der Waals surface area contributed by atoms with Crippen LogP contribution < -0.4 is 9.83 Å². The number of hydrogen-bond donors (Lipinski definition) is 1. The number of hydrogen-bond acceptors (Lipinski definition) is 2. The molecule has 3 nitrogen and oxygen atoms in total. The van der Waals surface area contributed by atoms with Gasteiger partial charge in [-0.3, -0.25) is 0 Å². The zero-order valence-corrected chi connectivity index (χ0v) is 12.4. The molecule has 20 heavy (non-hydrogen) atoms. The molecule has 0 radical (unpaired) electrons. The summed E-state index contributed by atoms with van der Waals surface area (Å²) >= 11 is 0. The monoisotopic (exact) mass is 288 g/mol. The maximum atomic E-state index is 12.2. The van der Waals surface area contributed by atoms with E-state index in [0.29, 0.717) is 17.0 Å². The van der Waals surface area contributed by atoms with Crippen molar-refractivity contribution in [3.63, 3.8) is 0 Å².